The van der Waals surface area contributed by atoms with E-state index in [1.807, 2.05) is 60.7 Å². The number of fused-ring (bicyclic) bond motifs is 1. The first kappa shape index (κ1) is 14.2. The lowest BCUT2D eigenvalue weighted by Crippen LogP contribution is -2.26. The van der Waals surface area contributed by atoms with Gasteiger partial charge in [0, 0.05) is 5.56 Å². The average molecular weight is 318 g/mol. The topological polar surface area (TPSA) is 93.4 Å². The molecule has 118 valence electrons. The second-order valence-corrected chi connectivity index (χ2v) is 5.38. The van der Waals surface area contributed by atoms with Gasteiger partial charge in [-0.05, 0) is 5.56 Å². The van der Waals surface area contributed by atoms with Crippen molar-refractivity contribution < 1.29 is 4.74 Å². The van der Waals surface area contributed by atoms with Crippen LogP contribution in [0.3, 0.4) is 0 Å². The number of rotatable bonds is 2. The molecule has 3 aromatic rings. The zero-order valence-electron chi connectivity index (χ0n) is 12.6. The van der Waals surface area contributed by atoms with Crippen LogP contribution in [0.4, 0.5) is 11.6 Å². The van der Waals surface area contributed by atoms with E-state index in [-0.39, 0.29) is 17.5 Å². The van der Waals surface area contributed by atoms with E-state index in [4.69, 9.17) is 10.5 Å². The summed E-state index contributed by atoms with van der Waals surface area (Å²) in [6.07, 6.45) is -0.463. The van der Waals surface area contributed by atoms with Crippen LogP contribution in [0.5, 0.6) is 5.88 Å². The monoisotopic (exact) mass is 318 g/mol. The molecule has 1 unspecified atom stereocenters. The molecule has 0 aliphatic carbocycles. The van der Waals surface area contributed by atoms with Gasteiger partial charge in [-0.25, -0.2) is 4.99 Å². The zero-order chi connectivity index (χ0) is 16.5. The van der Waals surface area contributed by atoms with Crippen molar-refractivity contribution in [2.75, 3.05) is 5.73 Å². The SMILES string of the molecule is Nc1nc2c(c(=O)[nH]1)N=C(c1ccccc1)C(c1ccccc1)O2. The lowest BCUT2D eigenvalue weighted by molar-refractivity contribution is 0.258. The van der Waals surface area contributed by atoms with Gasteiger partial charge in [-0.3, -0.25) is 9.78 Å². The van der Waals surface area contributed by atoms with Crippen LogP contribution in [0.1, 0.15) is 17.2 Å². The number of nitrogens with two attached hydrogens (primary N) is 1. The minimum absolute atomic E-state index is 0.00363. The van der Waals surface area contributed by atoms with Crippen LogP contribution >= 0.6 is 0 Å². The number of H-pyrrole nitrogens is 1. The smallest absolute Gasteiger partial charge is 0.282 e. The normalized spacial score (nSPS) is 16.0. The molecule has 6 nitrogen and oxygen atoms in total. The van der Waals surface area contributed by atoms with Gasteiger partial charge >= 0.3 is 0 Å². The maximum atomic E-state index is 12.1. The van der Waals surface area contributed by atoms with Gasteiger partial charge in [-0.2, -0.15) is 4.98 Å². The summed E-state index contributed by atoms with van der Waals surface area (Å²) in [6.45, 7) is 0. The van der Waals surface area contributed by atoms with Crippen LogP contribution in [0.2, 0.25) is 0 Å². The number of anilines is 1. The Bertz CT molecular complexity index is 965. The molecule has 3 N–H and O–H groups in total. The van der Waals surface area contributed by atoms with Gasteiger partial charge in [0.25, 0.3) is 5.56 Å². The molecule has 0 spiro atoms. The molecule has 0 saturated carbocycles. The first-order valence-electron chi connectivity index (χ1n) is 7.48. The minimum atomic E-state index is -0.463. The van der Waals surface area contributed by atoms with Crippen LogP contribution in [0.15, 0.2) is 70.5 Å². The Labute approximate surface area is 137 Å². The number of benzene rings is 2. The van der Waals surface area contributed by atoms with E-state index in [9.17, 15) is 4.79 Å². The molecule has 1 atom stereocenters. The van der Waals surface area contributed by atoms with Gasteiger partial charge in [-0.15, -0.1) is 0 Å². The van der Waals surface area contributed by atoms with Crippen LogP contribution in [0.25, 0.3) is 0 Å². The lowest BCUT2D eigenvalue weighted by Gasteiger charge is -2.25. The van der Waals surface area contributed by atoms with E-state index in [1.54, 1.807) is 0 Å². The summed E-state index contributed by atoms with van der Waals surface area (Å²) in [6, 6.07) is 19.3. The molecule has 4 rings (SSSR count). The molecule has 6 heteroatoms. The zero-order valence-corrected chi connectivity index (χ0v) is 12.6. The van der Waals surface area contributed by atoms with Crippen molar-refractivity contribution >= 4 is 17.3 Å². The fourth-order valence-electron chi connectivity index (χ4n) is 2.67. The molecular weight excluding hydrogens is 304 g/mol. The van der Waals surface area contributed by atoms with E-state index in [0.29, 0.717) is 5.71 Å². The third-order valence-electron chi connectivity index (χ3n) is 3.76. The van der Waals surface area contributed by atoms with Gasteiger partial charge in [-0.1, -0.05) is 60.7 Å². The number of hydrogen-bond donors (Lipinski definition) is 2. The summed E-state index contributed by atoms with van der Waals surface area (Å²) >= 11 is 0. The van der Waals surface area contributed by atoms with Crippen LogP contribution < -0.4 is 16.0 Å². The molecule has 1 aliphatic heterocycles. The third-order valence-corrected chi connectivity index (χ3v) is 3.76. The quantitative estimate of drug-likeness (QED) is 0.759. The molecule has 0 radical (unpaired) electrons. The summed E-state index contributed by atoms with van der Waals surface area (Å²) in [4.78, 5) is 23.2. The number of nitrogens with one attached hydrogen (secondary N) is 1. The summed E-state index contributed by atoms with van der Waals surface area (Å²) < 4.78 is 6.00. The van der Waals surface area contributed by atoms with E-state index in [2.05, 4.69) is 15.0 Å². The molecule has 0 bridgehead atoms. The molecule has 1 aliphatic rings. The molecule has 0 amide bonds. The first-order valence-corrected chi connectivity index (χ1v) is 7.48. The summed E-state index contributed by atoms with van der Waals surface area (Å²) in [5.41, 5.74) is 7.80. The fourth-order valence-corrected chi connectivity index (χ4v) is 2.67. The molecule has 2 aromatic carbocycles. The highest BCUT2D eigenvalue weighted by molar-refractivity contribution is 6.06. The number of ether oxygens (including phenoxy) is 1. The Hall–Kier alpha value is -3.41. The molecule has 2 heterocycles. The maximum absolute atomic E-state index is 12.1. The largest absolute Gasteiger partial charge is 0.461 e. The van der Waals surface area contributed by atoms with Crippen molar-refractivity contribution in [3.63, 3.8) is 0 Å². The van der Waals surface area contributed by atoms with E-state index < -0.39 is 11.7 Å². The van der Waals surface area contributed by atoms with Gasteiger partial charge in [0.05, 0.1) is 5.71 Å². The van der Waals surface area contributed by atoms with Gasteiger partial charge in [0.2, 0.25) is 11.8 Å². The number of nitrogens with zero attached hydrogens (tertiary/aromatic N) is 2. The number of aromatic nitrogens is 2. The second kappa shape index (κ2) is 5.66. The second-order valence-electron chi connectivity index (χ2n) is 5.38. The molecular formula is C18H14N4O2. The minimum Gasteiger partial charge on any atom is -0.461 e. The Kier molecular flexibility index (Phi) is 3.35. The van der Waals surface area contributed by atoms with Gasteiger partial charge in [0.1, 0.15) is 0 Å². The highest BCUT2D eigenvalue weighted by Crippen LogP contribution is 2.35. The molecule has 0 saturated heterocycles. The van der Waals surface area contributed by atoms with Crippen LogP contribution in [0, 0.1) is 0 Å². The lowest BCUT2D eigenvalue weighted by atomic mass is 9.98. The maximum Gasteiger partial charge on any atom is 0.282 e. The predicted molar refractivity (Wildman–Crippen MR) is 91.7 cm³/mol. The van der Waals surface area contributed by atoms with Crippen molar-refractivity contribution in [1.82, 2.24) is 9.97 Å². The summed E-state index contributed by atoms with van der Waals surface area (Å²) in [7, 11) is 0. The Morgan fingerprint density at radius 2 is 1.67 bits per heavy atom. The molecule has 0 fully saturated rings. The Morgan fingerprint density at radius 3 is 2.38 bits per heavy atom. The van der Waals surface area contributed by atoms with Crippen LogP contribution in [-0.2, 0) is 0 Å². The Morgan fingerprint density at radius 1 is 1.00 bits per heavy atom. The summed E-state index contributed by atoms with van der Waals surface area (Å²) in [5, 5.41) is 0. The average Bonchev–Trinajstić information content (AvgIpc) is 2.62. The van der Waals surface area contributed by atoms with Crippen molar-refractivity contribution in [3.8, 4) is 5.88 Å². The van der Waals surface area contributed by atoms with Gasteiger partial charge < -0.3 is 10.5 Å². The summed E-state index contributed by atoms with van der Waals surface area (Å²) in [5.74, 6) is 0.147. The molecule has 24 heavy (non-hydrogen) atoms. The highest BCUT2D eigenvalue weighted by Gasteiger charge is 2.29. The van der Waals surface area contributed by atoms with E-state index >= 15 is 0 Å². The highest BCUT2D eigenvalue weighted by atomic mass is 16.5. The number of aromatic amines is 1. The third kappa shape index (κ3) is 2.44. The van der Waals surface area contributed by atoms with Crippen LogP contribution in [-0.4, -0.2) is 15.7 Å². The van der Waals surface area contributed by atoms with E-state index in [0.717, 1.165) is 11.1 Å². The van der Waals surface area contributed by atoms with Crippen molar-refractivity contribution in [3.05, 3.63) is 82.1 Å². The number of nitrogen functional groups attached to an aromatic ring is 1. The Balaban J connectivity index is 1.93. The predicted octanol–water partition coefficient (Wildman–Crippen LogP) is 2.61. The first-order chi connectivity index (χ1) is 11.7. The van der Waals surface area contributed by atoms with E-state index in [1.165, 1.54) is 0 Å². The molecule has 1 aromatic heterocycles. The van der Waals surface area contributed by atoms with Gasteiger partial charge in [0.15, 0.2) is 11.8 Å². The number of aliphatic imine (C=N–C) groups is 1. The standard InChI is InChI=1S/C18H14N4O2/c19-18-21-16(23)14-17(22-18)24-15(12-9-5-2-6-10-12)13(20-14)11-7-3-1-4-8-11/h1-10,15H,(H3,19,21,22,23). The van der Waals surface area contributed by atoms with Crippen molar-refractivity contribution in [2.45, 2.75) is 6.10 Å². The number of hydrogen-bond acceptors (Lipinski definition) is 5. The van der Waals surface area contributed by atoms with Crippen molar-refractivity contribution in [2.24, 2.45) is 4.99 Å². The van der Waals surface area contributed by atoms with Crippen molar-refractivity contribution in [1.29, 1.82) is 0 Å². The fraction of sp³-hybridized carbons (Fsp3) is 0.0556.